The number of rotatable bonds is 1. The molecule has 0 aliphatic carbocycles. The average molecular weight is 313 g/mol. The Morgan fingerprint density at radius 1 is 1.17 bits per heavy atom. The number of benzene rings is 1. The second-order valence-electron chi connectivity index (χ2n) is 7.41. The fourth-order valence-corrected chi connectivity index (χ4v) is 3.49. The number of hydrogen-bond acceptors (Lipinski definition) is 3. The second kappa shape index (κ2) is 5.77. The van der Waals surface area contributed by atoms with Crippen molar-refractivity contribution in [3.05, 3.63) is 35.7 Å². The molecule has 2 aliphatic rings. The summed E-state index contributed by atoms with van der Waals surface area (Å²) in [6, 6.07) is 7.76. The van der Waals surface area contributed by atoms with E-state index in [9.17, 15) is 4.79 Å². The largest absolute Gasteiger partial charge is 0.444 e. The lowest BCUT2D eigenvalue weighted by Gasteiger charge is -2.26. The first kappa shape index (κ1) is 15.7. The zero-order chi connectivity index (χ0) is 16.6. The molecular formula is C18H23N3O2. The van der Waals surface area contributed by atoms with Gasteiger partial charge in [-0.05, 0) is 26.8 Å². The van der Waals surface area contributed by atoms with Gasteiger partial charge in [0.1, 0.15) is 5.60 Å². The van der Waals surface area contributed by atoms with Gasteiger partial charge in [0.05, 0.1) is 6.57 Å². The minimum absolute atomic E-state index is 0.208. The van der Waals surface area contributed by atoms with E-state index in [1.54, 1.807) is 0 Å². The third-order valence-electron chi connectivity index (χ3n) is 4.48. The molecule has 2 saturated heterocycles. The number of carbonyl (C=O) groups excluding carboxylic acids is 1. The van der Waals surface area contributed by atoms with Crippen molar-refractivity contribution >= 4 is 17.5 Å². The van der Waals surface area contributed by atoms with Crippen LogP contribution in [0, 0.1) is 18.4 Å². The SMILES string of the molecule is [C-]#[N+]c1ccccc1N1CC2CN(C(=O)OC(C)(C)C)CC2C1. The van der Waals surface area contributed by atoms with E-state index in [-0.39, 0.29) is 6.09 Å². The number of amides is 1. The Bertz CT molecular complexity index is 630. The van der Waals surface area contributed by atoms with Crippen LogP contribution in [0.3, 0.4) is 0 Å². The number of fused-ring (bicyclic) bond motifs is 1. The zero-order valence-electron chi connectivity index (χ0n) is 14.0. The predicted molar refractivity (Wildman–Crippen MR) is 89.7 cm³/mol. The van der Waals surface area contributed by atoms with Gasteiger partial charge in [-0.1, -0.05) is 18.2 Å². The summed E-state index contributed by atoms with van der Waals surface area (Å²) in [5.41, 5.74) is 1.27. The van der Waals surface area contributed by atoms with Crippen LogP contribution in [0.5, 0.6) is 0 Å². The summed E-state index contributed by atoms with van der Waals surface area (Å²) in [5.74, 6) is 0.919. The molecule has 23 heavy (non-hydrogen) atoms. The Hall–Kier alpha value is -2.22. The fourth-order valence-electron chi connectivity index (χ4n) is 3.49. The van der Waals surface area contributed by atoms with Crippen molar-refractivity contribution in [1.29, 1.82) is 0 Å². The Labute approximate surface area is 137 Å². The topological polar surface area (TPSA) is 37.1 Å². The van der Waals surface area contributed by atoms with Gasteiger partial charge >= 0.3 is 6.09 Å². The fraction of sp³-hybridized carbons (Fsp3) is 0.556. The van der Waals surface area contributed by atoms with Crippen LogP contribution >= 0.6 is 0 Å². The number of anilines is 1. The molecule has 5 nitrogen and oxygen atoms in total. The lowest BCUT2D eigenvalue weighted by Crippen LogP contribution is -2.37. The van der Waals surface area contributed by atoms with Gasteiger partial charge in [0, 0.05) is 43.7 Å². The van der Waals surface area contributed by atoms with Gasteiger partial charge in [0.25, 0.3) is 0 Å². The molecule has 0 N–H and O–H groups in total. The smallest absolute Gasteiger partial charge is 0.410 e. The highest BCUT2D eigenvalue weighted by Gasteiger charge is 2.43. The van der Waals surface area contributed by atoms with Crippen molar-refractivity contribution < 1.29 is 9.53 Å². The van der Waals surface area contributed by atoms with Crippen molar-refractivity contribution in [3.63, 3.8) is 0 Å². The Morgan fingerprint density at radius 2 is 1.78 bits per heavy atom. The molecule has 0 saturated carbocycles. The summed E-state index contributed by atoms with van der Waals surface area (Å²) in [5, 5.41) is 0. The lowest BCUT2D eigenvalue weighted by atomic mass is 10.0. The molecule has 0 spiro atoms. The van der Waals surface area contributed by atoms with Gasteiger partial charge in [-0.25, -0.2) is 9.64 Å². The van der Waals surface area contributed by atoms with Crippen LogP contribution in [0.1, 0.15) is 20.8 Å². The molecule has 1 amide bonds. The van der Waals surface area contributed by atoms with Gasteiger partial charge in [0.2, 0.25) is 5.69 Å². The molecule has 0 aromatic heterocycles. The van der Waals surface area contributed by atoms with Crippen LogP contribution in [0.15, 0.2) is 24.3 Å². The maximum absolute atomic E-state index is 12.2. The molecule has 2 atom stereocenters. The Balaban J connectivity index is 1.64. The highest BCUT2D eigenvalue weighted by molar-refractivity contribution is 5.72. The van der Waals surface area contributed by atoms with E-state index >= 15 is 0 Å². The van der Waals surface area contributed by atoms with Gasteiger partial charge in [-0.3, -0.25) is 0 Å². The quantitative estimate of drug-likeness (QED) is 0.744. The second-order valence-corrected chi connectivity index (χ2v) is 7.41. The van der Waals surface area contributed by atoms with Gasteiger partial charge in [-0.2, -0.15) is 0 Å². The van der Waals surface area contributed by atoms with Crippen LogP contribution in [-0.2, 0) is 4.74 Å². The van der Waals surface area contributed by atoms with Crippen molar-refractivity contribution in [2.24, 2.45) is 11.8 Å². The van der Waals surface area contributed by atoms with Crippen LogP contribution < -0.4 is 4.90 Å². The molecular weight excluding hydrogens is 290 g/mol. The monoisotopic (exact) mass is 313 g/mol. The van der Waals surface area contributed by atoms with Crippen LogP contribution in [0.25, 0.3) is 4.85 Å². The first-order chi connectivity index (χ1) is 10.9. The predicted octanol–water partition coefficient (Wildman–Crippen LogP) is 3.54. The molecule has 1 aromatic rings. The summed E-state index contributed by atoms with van der Waals surface area (Å²) in [7, 11) is 0. The normalized spacial score (nSPS) is 23.6. The summed E-state index contributed by atoms with van der Waals surface area (Å²) >= 11 is 0. The first-order valence-electron chi connectivity index (χ1n) is 8.07. The van der Waals surface area contributed by atoms with E-state index in [1.807, 2.05) is 49.9 Å². The van der Waals surface area contributed by atoms with Crippen molar-refractivity contribution in [2.75, 3.05) is 31.1 Å². The minimum Gasteiger partial charge on any atom is -0.444 e. The standard InChI is InChI=1S/C18H23N3O2/c1-18(2,3)23-17(22)21-11-13-9-20(10-14(13)12-21)16-8-6-5-7-15(16)19-4/h5-8,13-14H,9-12H2,1-3H3. The van der Waals surface area contributed by atoms with E-state index in [0.717, 1.165) is 31.9 Å². The molecule has 2 heterocycles. The van der Waals surface area contributed by atoms with Gasteiger partial charge in [-0.15, -0.1) is 0 Å². The van der Waals surface area contributed by atoms with E-state index in [2.05, 4.69) is 9.74 Å². The molecule has 2 fully saturated rings. The van der Waals surface area contributed by atoms with Crippen LogP contribution in [-0.4, -0.2) is 42.8 Å². The third kappa shape index (κ3) is 3.26. The highest BCUT2D eigenvalue weighted by Crippen LogP contribution is 2.38. The van der Waals surface area contributed by atoms with Crippen molar-refractivity contribution in [2.45, 2.75) is 26.4 Å². The summed E-state index contributed by atoms with van der Waals surface area (Å²) in [6.45, 7) is 16.3. The van der Waals surface area contributed by atoms with Crippen molar-refractivity contribution in [3.8, 4) is 0 Å². The number of hydrogen-bond donors (Lipinski definition) is 0. The molecule has 2 aliphatic heterocycles. The summed E-state index contributed by atoms with van der Waals surface area (Å²) < 4.78 is 5.47. The first-order valence-corrected chi connectivity index (χ1v) is 8.07. The maximum atomic E-state index is 12.2. The number of para-hydroxylation sites is 2. The van der Waals surface area contributed by atoms with Crippen LogP contribution in [0.2, 0.25) is 0 Å². The minimum atomic E-state index is -0.449. The number of nitrogens with zero attached hydrogens (tertiary/aromatic N) is 3. The number of carbonyl (C=O) groups is 1. The lowest BCUT2D eigenvalue weighted by molar-refractivity contribution is 0.0282. The number of likely N-dealkylation sites (tertiary alicyclic amines) is 1. The van der Waals surface area contributed by atoms with E-state index < -0.39 is 5.60 Å². The highest BCUT2D eigenvalue weighted by atomic mass is 16.6. The zero-order valence-corrected chi connectivity index (χ0v) is 14.0. The summed E-state index contributed by atoms with van der Waals surface area (Å²) in [4.78, 5) is 19.9. The molecule has 2 unspecified atom stereocenters. The van der Waals surface area contributed by atoms with Gasteiger partial charge in [0.15, 0.2) is 0 Å². The molecule has 0 bridgehead atoms. The average Bonchev–Trinajstić information content (AvgIpc) is 3.03. The van der Waals surface area contributed by atoms with Crippen molar-refractivity contribution in [1.82, 2.24) is 4.90 Å². The Morgan fingerprint density at radius 3 is 2.35 bits per heavy atom. The van der Waals surface area contributed by atoms with Gasteiger partial charge < -0.3 is 14.5 Å². The molecule has 3 rings (SSSR count). The molecule has 0 radical (unpaired) electrons. The summed E-state index contributed by atoms with van der Waals surface area (Å²) in [6.07, 6.45) is -0.208. The van der Waals surface area contributed by atoms with Crippen LogP contribution in [0.4, 0.5) is 16.2 Å². The van der Waals surface area contributed by atoms with E-state index in [1.165, 1.54) is 0 Å². The molecule has 5 heteroatoms. The third-order valence-corrected chi connectivity index (χ3v) is 4.48. The number of ether oxygens (including phenoxy) is 1. The maximum Gasteiger partial charge on any atom is 0.410 e. The molecule has 1 aromatic carbocycles. The van der Waals surface area contributed by atoms with E-state index in [0.29, 0.717) is 17.5 Å². The molecule has 122 valence electrons. The Kier molecular flexibility index (Phi) is 3.93. The van der Waals surface area contributed by atoms with E-state index in [4.69, 9.17) is 11.3 Å².